The highest BCUT2D eigenvalue weighted by molar-refractivity contribution is 5.62. The first-order valence-electron chi connectivity index (χ1n) is 21.5. The lowest BCUT2D eigenvalue weighted by Crippen LogP contribution is -2.15. The SMILES string of the molecule is CC(=O)O.CCCCCCCCCOCCOCCOCCOCCOCCOCCOCCOCCOCCOCCOCCOCCOCCOc1ccccc1. The van der Waals surface area contributed by atoms with Crippen molar-refractivity contribution < 1.29 is 76.2 Å². The van der Waals surface area contributed by atoms with Gasteiger partial charge < -0.3 is 71.4 Å². The van der Waals surface area contributed by atoms with E-state index in [2.05, 4.69) is 6.92 Å². The number of hydrogen-bond acceptors (Lipinski definition) is 15. The summed E-state index contributed by atoms with van der Waals surface area (Å²) in [6.45, 7) is 17.9. The van der Waals surface area contributed by atoms with Gasteiger partial charge in [-0.2, -0.15) is 0 Å². The number of carbonyl (C=O) groups is 1. The summed E-state index contributed by atoms with van der Waals surface area (Å²) in [5.41, 5.74) is 0. The van der Waals surface area contributed by atoms with Crippen molar-refractivity contribution in [3.63, 3.8) is 0 Å². The lowest BCUT2D eigenvalue weighted by atomic mass is 10.1. The van der Waals surface area contributed by atoms with Gasteiger partial charge in [-0.15, -0.1) is 0 Å². The minimum Gasteiger partial charge on any atom is -0.491 e. The van der Waals surface area contributed by atoms with Crippen LogP contribution in [0.2, 0.25) is 0 Å². The molecule has 16 nitrogen and oxygen atoms in total. The summed E-state index contributed by atoms with van der Waals surface area (Å²) in [6, 6.07) is 9.68. The zero-order valence-electron chi connectivity index (χ0n) is 36.5. The second kappa shape index (κ2) is 52.1. The van der Waals surface area contributed by atoms with Crippen LogP contribution in [0.3, 0.4) is 0 Å². The summed E-state index contributed by atoms with van der Waals surface area (Å²) in [5, 5.41) is 7.42. The van der Waals surface area contributed by atoms with E-state index in [9.17, 15) is 0 Å². The monoisotopic (exact) mass is 853 g/mol. The number of benzene rings is 1. The lowest BCUT2D eigenvalue weighted by molar-refractivity contribution is -0.134. The van der Waals surface area contributed by atoms with Gasteiger partial charge >= 0.3 is 0 Å². The Labute approximate surface area is 354 Å². The number of ether oxygens (including phenoxy) is 14. The largest absolute Gasteiger partial charge is 0.491 e. The first-order valence-corrected chi connectivity index (χ1v) is 21.5. The molecule has 1 rings (SSSR count). The molecule has 1 N–H and O–H groups in total. The molecule has 0 unspecified atom stereocenters. The molecule has 0 spiro atoms. The summed E-state index contributed by atoms with van der Waals surface area (Å²) >= 11 is 0. The van der Waals surface area contributed by atoms with Crippen molar-refractivity contribution in [2.75, 3.05) is 178 Å². The molecule has 0 heterocycles. The van der Waals surface area contributed by atoms with Gasteiger partial charge in [-0.1, -0.05) is 63.6 Å². The van der Waals surface area contributed by atoms with Crippen LogP contribution >= 0.6 is 0 Å². The van der Waals surface area contributed by atoms with Crippen LogP contribution in [0.25, 0.3) is 0 Å². The topological polar surface area (TPSA) is 167 Å². The van der Waals surface area contributed by atoms with Gasteiger partial charge in [0, 0.05) is 13.5 Å². The predicted molar refractivity (Wildman–Crippen MR) is 224 cm³/mol. The third kappa shape index (κ3) is 54.0. The number of para-hydroxylation sites is 1. The molecule has 0 aliphatic rings. The third-order valence-corrected chi connectivity index (χ3v) is 7.60. The molecule has 1 aromatic carbocycles. The van der Waals surface area contributed by atoms with Crippen molar-refractivity contribution in [3.05, 3.63) is 30.3 Å². The molecular weight excluding hydrogens is 772 g/mol. The third-order valence-electron chi connectivity index (χ3n) is 7.60. The number of rotatable bonds is 48. The van der Waals surface area contributed by atoms with E-state index in [0.717, 1.165) is 25.7 Å². The Bertz CT molecular complexity index is 913. The van der Waals surface area contributed by atoms with Crippen molar-refractivity contribution in [2.45, 2.75) is 58.8 Å². The Morgan fingerprint density at radius 3 is 0.847 bits per heavy atom. The maximum atomic E-state index is 9.00. The van der Waals surface area contributed by atoms with Crippen LogP contribution < -0.4 is 4.74 Å². The first kappa shape index (κ1) is 57.0. The molecule has 0 bridgehead atoms. The van der Waals surface area contributed by atoms with E-state index in [1.807, 2.05) is 30.3 Å². The summed E-state index contributed by atoms with van der Waals surface area (Å²) in [7, 11) is 0. The summed E-state index contributed by atoms with van der Waals surface area (Å²) in [4.78, 5) is 9.00. The molecule has 0 aliphatic heterocycles. The fourth-order valence-electron chi connectivity index (χ4n) is 4.64. The van der Waals surface area contributed by atoms with Crippen molar-refractivity contribution in [1.82, 2.24) is 0 Å². The zero-order chi connectivity index (χ0) is 42.6. The number of aliphatic carboxylic acids is 1. The maximum Gasteiger partial charge on any atom is 0.300 e. The van der Waals surface area contributed by atoms with E-state index in [0.29, 0.717) is 172 Å². The standard InChI is InChI=1S/C41H76O14.C2H4O2/c1-2-3-4-5-6-7-11-14-42-15-16-43-17-18-44-19-20-45-21-22-46-23-24-47-25-26-48-27-28-49-29-30-50-31-32-51-33-34-52-35-36-53-37-38-54-39-40-55-41-12-9-8-10-13-41;1-2(3)4/h8-10,12-13H,2-7,11,14-40H2,1H3;1H3,(H,3,4). The summed E-state index contributed by atoms with van der Waals surface area (Å²) in [5.74, 6) is 0.0106. The molecule has 0 aromatic heterocycles. The second-order valence-corrected chi connectivity index (χ2v) is 12.8. The van der Waals surface area contributed by atoms with Crippen molar-refractivity contribution in [2.24, 2.45) is 0 Å². The van der Waals surface area contributed by atoms with E-state index in [4.69, 9.17) is 76.2 Å². The number of carboxylic acid groups (broad SMARTS) is 1. The highest BCUT2D eigenvalue weighted by Crippen LogP contribution is 2.08. The van der Waals surface area contributed by atoms with Gasteiger partial charge in [0.05, 0.1) is 165 Å². The normalized spacial score (nSPS) is 11.2. The average Bonchev–Trinajstić information content (AvgIpc) is 3.23. The minimum absolute atomic E-state index is 0.508. The van der Waals surface area contributed by atoms with Crippen LogP contribution in [0.1, 0.15) is 58.8 Å². The van der Waals surface area contributed by atoms with E-state index in [1.54, 1.807) is 0 Å². The van der Waals surface area contributed by atoms with Crippen molar-refractivity contribution >= 4 is 5.97 Å². The van der Waals surface area contributed by atoms with Crippen molar-refractivity contribution in [3.8, 4) is 5.75 Å². The van der Waals surface area contributed by atoms with E-state index < -0.39 is 5.97 Å². The Morgan fingerprint density at radius 1 is 0.356 bits per heavy atom. The minimum atomic E-state index is -0.833. The van der Waals surface area contributed by atoms with Gasteiger partial charge in [0.25, 0.3) is 5.97 Å². The maximum absolute atomic E-state index is 9.00. The molecule has 348 valence electrons. The Kier molecular flexibility index (Phi) is 50.3. The molecule has 0 atom stereocenters. The summed E-state index contributed by atoms with van der Waals surface area (Å²) < 4.78 is 77.2. The molecule has 0 aliphatic carbocycles. The second-order valence-electron chi connectivity index (χ2n) is 12.8. The molecule has 0 saturated heterocycles. The summed E-state index contributed by atoms with van der Waals surface area (Å²) in [6.07, 6.45) is 9.09. The molecular formula is C43H80O16. The molecule has 0 amide bonds. The fraction of sp³-hybridized carbons (Fsp3) is 0.837. The van der Waals surface area contributed by atoms with Crippen LogP contribution in [0.5, 0.6) is 5.75 Å². The average molecular weight is 853 g/mol. The quantitative estimate of drug-likeness (QED) is 0.0858. The number of hydrogen-bond donors (Lipinski definition) is 1. The predicted octanol–water partition coefficient (Wildman–Crippen LogP) is 5.12. The molecule has 0 fully saturated rings. The Hall–Kier alpha value is -2.03. The van der Waals surface area contributed by atoms with Crippen LogP contribution in [-0.2, 0) is 66.4 Å². The molecule has 0 radical (unpaired) electrons. The van der Waals surface area contributed by atoms with Crippen LogP contribution in [0, 0.1) is 0 Å². The number of carboxylic acids is 1. The zero-order valence-corrected chi connectivity index (χ0v) is 36.5. The molecule has 0 saturated carbocycles. The van der Waals surface area contributed by atoms with Gasteiger partial charge in [0.2, 0.25) is 0 Å². The van der Waals surface area contributed by atoms with Gasteiger partial charge in [0.1, 0.15) is 12.4 Å². The van der Waals surface area contributed by atoms with Gasteiger partial charge in [0.15, 0.2) is 0 Å². The highest BCUT2D eigenvalue weighted by Gasteiger charge is 1.98. The smallest absolute Gasteiger partial charge is 0.300 e. The molecule has 1 aromatic rings. The van der Waals surface area contributed by atoms with Gasteiger partial charge in [-0.3, -0.25) is 4.79 Å². The van der Waals surface area contributed by atoms with Gasteiger partial charge in [-0.25, -0.2) is 0 Å². The first-order chi connectivity index (χ1) is 29.2. The highest BCUT2D eigenvalue weighted by atomic mass is 16.6. The fourth-order valence-corrected chi connectivity index (χ4v) is 4.64. The number of unbranched alkanes of at least 4 members (excludes halogenated alkanes) is 6. The Morgan fingerprint density at radius 2 is 0.576 bits per heavy atom. The lowest BCUT2D eigenvalue weighted by Gasteiger charge is -2.09. The molecule has 16 heteroatoms. The van der Waals surface area contributed by atoms with Gasteiger partial charge in [-0.05, 0) is 18.6 Å². The van der Waals surface area contributed by atoms with Crippen LogP contribution in [0.15, 0.2) is 30.3 Å². The van der Waals surface area contributed by atoms with E-state index in [-0.39, 0.29) is 0 Å². The van der Waals surface area contributed by atoms with Crippen LogP contribution in [0.4, 0.5) is 0 Å². The molecule has 59 heavy (non-hydrogen) atoms. The van der Waals surface area contributed by atoms with E-state index in [1.165, 1.54) is 38.5 Å². The van der Waals surface area contributed by atoms with Crippen LogP contribution in [-0.4, -0.2) is 189 Å². The van der Waals surface area contributed by atoms with E-state index >= 15 is 0 Å². The van der Waals surface area contributed by atoms with Crippen molar-refractivity contribution in [1.29, 1.82) is 0 Å². The Balaban J connectivity index is 0.00000801.